The molecule has 174 valence electrons. The number of aromatic nitrogens is 2. The van der Waals surface area contributed by atoms with E-state index in [2.05, 4.69) is 10.00 Å². The number of rotatable bonds is 9. The molecule has 1 aliphatic carbocycles. The minimum atomic E-state index is -0.384. The van der Waals surface area contributed by atoms with Crippen LogP contribution in [0.3, 0.4) is 0 Å². The third-order valence-corrected chi connectivity index (χ3v) is 6.37. The Morgan fingerprint density at radius 1 is 1.12 bits per heavy atom. The molecule has 1 aromatic heterocycles. The van der Waals surface area contributed by atoms with Gasteiger partial charge in [-0.05, 0) is 64.4 Å². The lowest BCUT2D eigenvalue weighted by Gasteiger charge is -2.31. The van der Waals surface area contributed by atoms with Gasteiger partial charge in [0.1, 0.15) is 11.4 Å². The zero-order valence-corrected chi connectivity index (χ0v) is 19.7. The number of carbonyl (C=O) groups excluding carboxylic acids is 1. The molecule has 8 nitrogen and oxygen atoms in total. The van der Waals surface area contributed by atoms with Crippen molar-refractivity contribution in [1.82, 2.24) is 19.6 Å². The van der Waals surface area contributed by atoms with Gasteiger partial charge in [0, 0.05) is 25.2 Å². The largest absolute Gasteiger partial charge is 0.337 e. The topological polar surface area (TPSA) is 84.5 Å². The standard InChI is InChI=1S/C24H35N5O3/c1-18-23(29(31)32)19(2)28(25-18)17-21-10-12-22(13-11-21)24(30)27(15-14-26(3)4)16-20-8-6-5-7-9-20/h10-13,20H,5-9,14-17H2,1-4H3. The van der Waals surface area contributed by atoms with Crippen LogP contribution >= 0.6 is 0 Å². The molecule has 1 heterocycles. The molecule has 1 aliphatic rings. The zero-order valence-electron chi connectivity index (χ0n) is 19.7. The highest BCUT2D eigenvalue weighted by molar-refractivity contribution is 5.94. The van der Waals surface area contributed by atoms with Crippen LogP contribution in [0.1, 0.15) is 59.4 Å². The summed E-state index contributed by atoms with van der Waals surface area (Å²) in [6, 6.07) is 7.56. The summed E-state index contributed by atoms with van der Waals surface area (Å²) in [4.78, 5) is 28.3. The van der Waals surface area contributed by atoms with E-state index in [0.717, 1.165) is 25.2 Å². The van der Waals surface area contributed by atoms with E-state index >= 15 is 0 Å². The third kappa shape index (κ3) is 5.94. The van der Waals surface area contributed by atoms with E-state index in [4.69, 9.17) is 0 Å². The highest BCUT2D eigenvalue weighted by atomic mass is 16.6. The fraction of sp³-hybridized carbons (Fsp3) is 0.583. The molecular formula is C24H35N5O3. The van der Waals surface area contributed by atoms with Gasteiger partial charge in [-0.3, -0.25) is 19.6 Å². The van der Waals surface area contributed by atoms with E-state index in [1.165, 1.54) is 32.1 Å². The summed E-state index contributed by atoms with van der Waals surface area (Å²) < 4.78 is 1.65. The van der Waals surface area contributed by atoms with Crippen LogP contribution in [0.4, 0.5) is 5.69 Å². The first-order chi connectivity index (χ1) is 15.3. The number of aryl methyl sites for hydroxylation is 1. The predicted molar refractivity (Wildman–Crippen MR) is 125 cm³/mol. The Labute approximate surface area is 190 Å². The third-order valence-electron chi connectivity index (χ3n) is 6.37. The van der Waals surface area contributed by atoms with Crippen molar-refractivity contribution in [1.29, 1.82) is 0 Å². The number of nitro groups is 1. The molecule has 0 spiro atoms. The average Bonchev–Trinajstić information content (AvgIpc) is 3.04. The SMILES string of the molecule is Cc1nn(Cc2ccc(C(=O)N(CCN(C)C)CC3CCCCC3)cc2)c(C)c1[N+](=O)[O-]. The lowest BCUT2D eigenvalue weighted by molar-refractivity contribution is -0.386. The Hall–Kier alpha value is -2.74. The number of amides is 1. The maximum absolute atomic E-state index is 13.3. The fourth-order valence-electron chi connectivity index (χ4n) is 4.49. The van der Waals surface area contributed by atoms with Gasteiger partial charge in [-0.1, -0.05) is 31.4 Å². The number of carbonyl (C=O) groups is 1. The van der Waals surface area contributed by atoms with Gasteiger partial charge in [-0.15, -0.1) is 0 Å². The molecule has 0 aliphatic heterocycles. The van der Waals surface area contributed by atoms with Crippen LogP contribution in [-0.4, -0.2) is 64.1 Å². The Morgan fingerprint density at radius 3 is 2.34 bits per heavy atom. The minimum absolute atomic E-state index is 0.0658. The second kappa shape index (κ2) is 10.7. The summed E-state index contributed by atoms with van der Waals surface area (Å²) in [5.41, 5.74) is 2.65. The average molecular weight is 442 g/mol. The zero-order chi connectivity index (χ0) is 23.3. The van der Waals surface area contributed by atoms with Gasteiger partial charge in [0.05, 0.1) is 11.5 Å². The van der Waals surface area contributed by atoms with Crippen molar-refractivity contribution in [3.05, 3.63) is 56.9 Å². The van der Waals surface area contributed by atoms with Crippen molar-refractivity contribution in [3.63, 3.8) is 0 Å². The number of likely N-dealkylation sites (N-methyl/N-ethyl adjacent to an activating group) is 1. The monoisotopic (exact) mass is 441 g/mol. The molecule has 0 atom stereocenters. The van der Waals surface area contributed by atoms with Crippen LogP contribution in [-0.2, 0) is 6.54 Å². The molecule has 8 heteroatoms. The normalized spacial score (nSPS) is 14.7. The van der Waals surface area contributed by atoms with Gasteiger partial charge in [0.25, 0.3) is 5.91 Å². The van der Waals surface area contributed by atoms with Gasteiger partial charge in [0.2, 0.25) is 0 Å². The van der Waals surface area contributed by atoms with Gasteiger partial charge in [-0.25, -0.2) is 0 Å². The highest BCUT2D eigenvalue weighted by Gasteiger charge is 2.23. The maximum Gasteiger partial charge on any atom is 0.312 e. The fourth-order valence-corrected chi connectivity index (χ4v) is 4.49. The van der Waals surface area contributed by atoms with E-state index in [0.29, 0.717) is 29.4 Å². The van der Waals surface area contributed by atoms with Gasteiger partial charge in [0.15, 0.2) is 0 Å². The first-order valence-electron chi connectivity index (χ1n) is 11.5. The van der Waals surface area contributed by atoms with Crippen LogP contribution in [0.15, 0.2) is 24.3 Å². The molecule has 1 aromatic carbocycles. The Balaban J connectivity index is 1.71. The van der Waals surface area contributed by atoms with Crippen LogP contribution < -0.4 is 0 Å². The Kier molecular flexibility index (Phi) is 8.01. The summed E-state index contributed by atoms with van der Waals surface area (Å²) in [6.07, 6.45) is 6.25. The summed E-state index contributed by atoms with van der Waals surface area (Å²) in [5, 5.41) is 15.6. The molecule has 0 unspecified atom stereocenters. The van der Waals surface area contributed by atoms with E-state index < -0.39 is 0 Å². The first kappa shape index (κ1) is 23.9. The van der Waals surface area contributed by atoms with Gasteiger partial charge in [-0.2, -0.15) is 5.10 Å². The van der Waals surface area contributed by atoms with Gasteiger partial charge >= 0.3 is 5.69 Å². The lowest BCUT2D eigenvalue weighted by atomic mass is 9.89. The van der Waals surface area contributed by atoms with E-state index in [-0.39, 0.29) is 16.5 Å². The molecule has 1 saturated carbocycles. The summed E-state index contributed by atoms with van der Waals surface area (Å²) in [6.45, 7) is 6.18. The van der Waals surface area contributed by atoms with Crippen LogP contribution in [0.2, 0.25) is 0 Å². The lowest BCUT2D eigenvalue weighted by Crippen LogP contribution is -2.40. The number of nitrogens with zero attached hydrogens (tertiary/aromatic N) is 5. The number of hydrogen-bond donors (Lipinski definition) is 0. The van der Waals surface area contributed by atoms with Crippen LogP contribution in [0.25, 0.3) is 0 Å². The Morgan fingerprint density at radius 2 is 1.78 bits per heavy atom. The summed E-state index contributed by atoms with van der Waals surface area (Å²) in [5.74, 6) is 0.668. The molecule has 32 heavy (non-hydrogen) atoms. The van der Waals surface area contributed by atoms with E-state index in [9.17, 15) is 14.9 Å². The summed E-state index contributed by atoms with van der Waals surface area (Å²) in [7, 11) is 4.06. The minimum Gasteiger partial charge on any atom is -0.337 e. The van der Waals surface area contributed by atoms with Gasteiger partial charge < -0.3 is 9.80 Å². The maximum atomic E-state index is 13.3. The quantitative estimate of drug-likeness (QED) is 0.433. The van der Waals surface area contributed by atoms with Crippen molar-refractivity contribution < 1.29 is 9.72 Å². The van der Waals surface area contributed by atoms with Crippen LogP contribution in [0, 0.1) is 29.9 Å². The molecule has 3 rings (SSSR count). The van der Waals surface area contributed by atoms with Crippen molar-refractivity contribution >= 4 is 11.6 Å². The smallest absolute Gasteiger partial charge is 0.312 e. The number of benzene rings is 1. The Bertz CT molecular complexity index is 930. The van der Waals surface area contributed by atoms with Crippen molar-refractivity contribution in [3.8, 4) is 0 Å². The summed E-state index contributed by atoms with van der Waals surface area (Å²) >= 11 is 0. The molecular weight excluding hydrogens is 406 g/mol. The van der Waals surface area contributed by atoms with Crippen LogP contribution in [0.5, 0.6) is 0 Å². The van der Waals surface area contributed by atoms with E-state index in [1.807, 2.05) is 43.3 Å². The molecule has 2 aromatic rings. The van der Waals surface area contributed by atoms with Crippen molar-refractivity contribution in [2.75, 3.05) is 33.7 Å². The molecule has 1 amide bonds. The number of hydrogen-bond acceptors (Lipinski definition) is 5. The molecule has 0 radical (unpaired) electrons. The molecule has 0 saturated heterocycles. The molecule has 1 fully saturated rings. The first-order valence-corrected chi connectivity index (χ1v) is 11.5. The van der Waals surface area contributed by atoms with E-state index in [1.54, 1.807) is 18.5 Å². The van der Waals surface area contributed by atoms with Crippen molar-refractivity contribution in [2.24, 2.45) is 5.92 Å². The van der Waals surface area contributed by atoms with Crippen molar-refractivity contribution in [2.45, 2.75) is 52.5 Å². The molecule has 0 bridgehead atoms. The highest BCUT2D eigenvalue weighted by Crippen LogP contribution is 2.25. The second-order valence-corrected chi connectivity index (χ2v) is 9.19. The second-order valence-electron chi connectivity index (χ2n) is 9.19. The predicted octanol–water partition coefficient (Wildman–Crippen LogP) is 4.04. The molecule has 0 N–H and O–H groups in total.